The van der Waals surface area contributed by atoms with Crippen molar-refractivity contribution in [1.29, 1.82) is 0 Å². The fourth-order valence-corrected chi connectivity index (χ4v) is 9.75. The Morgan fingerprint density at radius 2 is 0.862 bits per heavy atom. The molecule has 0 radical (unpaired) electrons. The summed E-state index contributed by atoms with van der Waals surface area (Å²) in [5, 5.41) is 32.1. The molecule has 7 heteroatoms. The van der Waals surface area contributed by atoms with Gasteiger partial charge in [0.25, 0.3) is 0 Å². The van der Waals surface area contributed by atoms with Crippen molar-refractivity contribution in [2.75, 3.05) is 0 Å². The lowest BCUT2D eigenvalue weighted by molar-refractivity contribution is -0.139. The highest BCUT2D eigenvalue weighted by Crippen LogP contribution is 2.35. The number of hydrogen-bond donors (Lipinski definition) is 3. The van der Waals surface area contributed by atoms with Crippen LogP contribution in [0.25, 0.3) is 0 Å². The lowest BCUT2D eigenvalue weighted by Gasteiger charge is -2.24. The zero-order chi connectivity index (χ0) is 41.5. The van der Waals surface area contributed by atoms with E-state index in [4.69, 9.17) is 14.2 Å². The van der Waals surface area contributed by atoms with Crippen LogP contribution in [0.5, 0.6) is 0 Å². The van der Waals surface area contributed by atoms with Crippen LogP contribution in [-0.2, 0) is 19.0 Å². The smallest absolute Gasteiger partial charge is 0.334 e. The first-order valence-electron chi connectivity index (χ1n) is 25.6. The van der Waals surface area contributed by atoms with E-state index in [1.807, 2.05) is 13.0 Å². The molecule has 3 aliphatic rings. The van der Waals surface area contributed by atoms with Crippen LogP contribution in [0.3, 0.4) is 0 Å². The summed E-state index contributed by atoms with van der Waals surface area (Å²) in [6.07, 6.45) is 46.0. The third-order valence-electron chi connectivity index (χ3n) is 13.6. The molecule has 0 aliphatic carbocycles. The van der Waals surface area contributed by atoms with E-state index in [0.717, 1.165) is 82.6 Å². The number of aliphatic hydroxyl groups excluding tert-OH is 3. The molecule has 2 saturated heterocycles. The number of carbonyl (C=O) groups is 1. The fraction of sp³-hybridized carbons (Fsp3) is 0.941. The first-order chi connectivity index (χ1) is 28.4. The van der Waals surface area contributed by atoms with Gasteiger partial charge in [-0.05, 0) is 83.6 Å². The number of esters is 1. The Morgan fingerprint density at radius 1 is 0.500 bits per heavy atom. The van der Waals surface area contributed by atoms with Gasteiger partial charge in [0.2, 0.25) is 0 Å². The van der Waals surface area contributed by atoms with E-state index in [9.17, 15) is 20.1 Å². The average molecular weight is 819 g/mol. The molecular weight excluding hydrogens is 725 g/mol. The molecule has 3 aliphatic heterocycles. The van der Waals surface area contributed by atoms with Gasteiger partial charge in [0.15, 0.2) is 0 Å². The SMILES string of the molecule is CCCCCCCCCC[C@H](O)CCC[C@H](O)[C@H]1CC[C@H]([C@H]2CC[C@H]([C@H](O)CCCCCCCCCCCCCCCCCCCCCCC3=C[C@H](C)OC3=O)O2)O1. The van der Waals surface area contributed by atoms with Crippen LogP contribution in [0.15, 0.2) is 11.6 Å². The topological polar surface area (TPSA) is 105 Å². The number of rotatable bonds is 39. The van der Waals surface area contributed by atoms with Crippen molar-refractivity contribution >= 4 is 5.97 Å². The maximum atomic E-state index is 11.7. The van der Waals surface area contributed by atoms with Crippen molar-refractivity contribution in [2.24, 2.45) is 0 Å². The first-order valence-corrected chi connectivity index (χ1v) is 25.6. The highest BCUT2D eigenvalue weighted by Gasteiger charge is 2.40. The van der Waals surface area contributed by atoms with Crippen molar-refractivity contribution in [3.63, 3.8) is 0 Å². The highest BCUT2D eigenvalue weighted by atomic mass is 16.6. The summed E-state index contributed by atoms with van der Waals surface area (Å²) in [6.45, 7) is 4.19. The summed E-state index contributed by atoms with van der Waals surface area (Å²) < 4.78 is 17.8. The third-order valence-corrected chi connectivity index (χ3v) is 13.6. The zero-order valence-corrected chi connectivity index (χ0v) is 38.0. The molecular formula is C51H94O7. The van der Waals surface area contributed by atoms with Gasteiger partial charge >= 0.3 is 5.97 Å². The molecule has 0 saturated carbocycles. The maximum Gasteiger partial charge on any atom is 0.334 e. The number of ether oxygens (including phenoxy) is 3. The Balaban J connectivity index is 1.02. The van der Waals surface area contributed by atoms with E-state index in [1.54, 1.807) is 0 Å². The van der Waals surface area contributed by atoms with Crippen molar-refractivity contribution in [3.05, 3.63) is 11.6 Å². The molecule has 0 aromatic rings. The standard InChI is InChI=1S/C51H94O7/c1-3-4-5-6-7-23-26-29-33-44(52)34-31-36-46(54)48-38-40-50(58-48)49-39-37-47(57-49)45(53)35-30-27-24-21-19-17-15-13-11-9-8-10-12-14-16-18-20-22-25-28-32-43-41-42(2)56-51(43)55/h41-42,44-50,52-54H,3-40H2,1-2H3/t42-,44-,45+,46-,47+,48+,49+,50+/m0/s1. The van der Waals surface area contributed by atoms with E-state index in [2.05, 4.69) is 6.92 Å². The average Bonchev–Trinajstić information content (AvgIpc) is 3.98. The molecule has 2 fully saturated rings. The lowest BCUT2D eigenvalue weighted by Crippen LogP contribution is -2.33. The molecule has 0 aromatic carbocycles. The van der Waals surface area contributed by atoms with Crippen LogP contribution in [0.2, 0.25) is 0 Å². The second-order valence-corrected chi connectivity index (χ2v) is 19.0. The third kappa shape index (κ3) is 23.9. The van der Waals surface area contributed by atoms with Crippen LogP contribution < -0.4 is 0 Å². The Kier molecular flexibility index (Phi) is 29.8. The van der Waals surface area contributed by atoms with E-state index < -0.39 is 6.10 Å². The molecule has 3 heterocycles. The minimum absolute atomic E-state index is 0.0259. The van der Waals surface area contributed by atoms with E-state index in [0.29, 0.717) is 6.42 Å². The van der Waals surface area contributed by atoms with E-state index in [-0.39, 0.29) is 48.7 Å². The van der Waals surface area contributed by atoms with Crippen LogP contribution in [0, 0.1) is 0 Å². The molecule has 0 unspecified atom stereocenters. The van der Waals surface area contributed by atoms with Crippen molar-refractivity contribution in [2.45, 2.75) is 307 Å². The zero-order valence-electron chi connectivity index (χ0n) is 38.0. The Labute approximate surface area is 357 Å². The van der Waals surface area contributed by atoms with Gasteiger partial charge in [-0.25, -0.2) is 4.79 Å². The maximum absolute atomic E-state index is 11.7. The molecule has 8 atom stereocenters. The molecule has 0 bridgehead atoms. The number of cyclic esters (lactones) is 1. The first kappa shape index (κ1) is 51.4. The van der Waals surface area contributed by atoms with E-state index >= 15 is 0 Å². The predicted molar refractivity (Wildman–Crippen MR) is 240 cm³/mol. The Hall–Kier alpha value is -0.990. The van der Waals surface area contributed by atoms with Gasteiger partial charge in [-0.3, -0.25) is 0 Å². The Morgan fingerprint density at radius 3 is 1.28 bits per heavy atom. The van der Waals surface area contributed by atoms with Gasteiger partial charge in [0.05, 0.1) is 42.7 Å². The summed E-state index contributed by atoms with van der Waals surface area (Å²) in [6, 6.07) is 0. The number of unbranched alkanes of at least 4 members (excludes halogenated alkanes) is 26. The lowest BCUT2D eigenvalue weighted by atomic mass is 9.99. The summed E-state index contributed by atoms with van der Waals surface area (Å²) in [7, 11) is 0. The minimum atomic E-state index is -0.474. The molecule has 340 valence electrons. The van der Waals surface area contributed by atoms with Gasteiger partial charge in [-0.15, -0.1) is 0 Å². The predicted octanol–water partition coefficient (Wildman–Crippen LogP) is 13.3. The molecule has 0 aromatic heterocycles. The Bertz CT molecular complexity index is 1020. The van der Waals surface area contributed by atoms with Crippen LogP contribution >= 0.6 is 0 Å². The monoisotopic (exact) mass is 819 g/mol. The molecule has 3 rings (SSSR count). The van der Waals surface area contributed by atoms with E-state index in [1.165, 1.54) is 161 Å². The molecule has 0 spiro atoms. The normalized spacial score (nSPS) is 23.7. The second-order valence-electron chi connectivity index (χ2n) is 19.0. The molecule has 3 N–H and O–H groups in total. The van der Waals surface area contributed by atoms with Crippen molar-refractivity contribution in [3.8, 4) is 0 Å². The van der Waals surface area contributed by atoms with Gasteiger partial charge in [-0.1, -0.05) is 180 Å². The van der Waals surface area contributed by atoms with Crippen LogP contribution in [0.4, 0.5) is 0 Å². The number of carbonyl (C=O) groups excluding carboxylic acids is 1. The largest absolute Gasteiger partial charge is 0.455 e. The quantitative estimate of drug-likeness (QED) is 0.0419. The number of hydrogen-bond acceptors (Lipinski definition) is 7. The molecule has 58 heavy (non-hydrogen) atoms. The van der Waals surface area contributed by atoms with Gasteiger partial charge in [0, 0.05) is 5.57 Å². The van der Waals surface area contributed by atoms with Gasteiger partial charge in [-0.2, -0.15) is 0 Å². The highest BCUT2D eigenvalue weighted by molar-refractivity contribution is 5.90. The molecule has 0 amide bonds. The van der Waals surface area contributed by atoms with Gasteiger partial charge < -0.3 is 29.5 Å². The summed E-state index contributed by atoms with van der Waals surface area (Å²) in [5.41, 5.74) is 0.889. The minimum Gasteiger partial charge on any atom is -0.455 e. The van der Waals surface area contributed by atoms with Crippen LogP contribution in [-0.4, -0.2) is 70.1 Å². The summed E-state index contributed by atoms with van der Waals surface area (Å²) in [4.78, 5) is 11.7. The molecule has 7 nitrogen and oxygen atoms in total. The fourth-order valence-electron chi connectivity index (χ4n) is 9.75. The van der Waals surface area contributed by atoms with Crippen molar-refractivity contribution in [1.82, 2.24) is 0 Å². The second kappa shape index (κ2) is 33.6. The number of aliphatic hydroxyl groups is 3. The van der Waals surface area contributed by atoms with Gasteiger partial charge in [0.1, 0.15) is 6.10 Å². The van der Waals surface area contributed by atoms with Crippen LogP contribution in [0.1, 0.15) is 258 Å². The summed E-state index contributed by atoms with van der Waals surface area (Å²) in [5.74, 6) is -0.100. The summed E-state index contributed by atoms with van der Waals surface area (Å²) >= 11 is 0. The van der Waals surface area contributed by atoms with Crippen molar-refractivity contribution < 1.29 is 34.3 Å².